The minimum atomic E-state index is -0.336. The second-order valence-corrected chi connectivity index (χ2v) is 6.01. The van der Waals surface area contributed by atoms with E-state index in [4.69, 9.17) is 15.0 Å². The van der Waals surface area contributed by atoms with Gasteiger partial charge in [0.2, 0.25) is 0 Å². The zero-order chi connectivity index (χ0) is 13.6. The van der Waals surface area contributed by atoms with Crippen molar-refractivity contribution in [3.63, 3.8) is 0 Å². The van der Waals surface area contributed by atoms with Crippen molar-refractivity contribution < 1.29 is 9.31 Å². The average molecular weight is 247 g/mol. The van der Waals surface area contributed by atoms with Crippen LogP contribution in [0, 0.1) is 0 Å². The number of nitrogens with two attached hydrogens (primary N) is 1. The second kappa shape index (κ2) is 4.37. The van der Waals surface area contributed by atoms with Crippen LogP contribution < -0.4 is 11.2 Å². The molecule has 1 aliphatic rings. The third-order valence-electron chi connectivity index (χ3n) is 3.99. The van der Waals surface area contributed by atoms with Gasteiger partial charge in [0.25, 0.3) is 0 Å². The van der Waals surface area contributed by atoms with Crippen LogP contribution in [0.15, 0.2) is 24.3 Å². The summed E-state index contributed by atoms with van der Waals surface area (Å²) in [6.45, 7) is 10.2. The Hall–Kier alpha value is -0.835. The van der Waals surface area contributed by atoms with E-state index < -0.39 is 0 Å². The molecule has 0 aromatic heterocycles. The molecule has 1 saturated heterocycles. The smallest absolute Gasteiger partial charge is 0.399 e. The molecule has 0 unspecified atom stereocenters. The Kier molecular flexibility index (Phi) is 3.30. The molecule has 0 spiro atoms. The highest BCUT2D eigenvalue weighted by molar-refractivity contribution is 6.62. The van der Waals surface area contributed by atoms with E-state index >= 15 is 0 Å². The Morgan fingerprint density at radius 1 is 1.06 bits per heavy atom. The lowest BCUT2D eigenvalue weighted by atomic mass is 9.74. The fraction of sp³-hybridized carbons (Fsp3) is 0.571. The van der Waals surface area contributed by atoms with E-state index in [0.717, 1.165) is 11.0 Å². The number of hydrogen-bond acceptors (Lipinski definition) is 3. The van der Waals surface area contributed by atoms with Crippen LogP contribution in [0.3, 0.4) is 0 Å². The molecule has 1 heterocycles. The molecule has 1 fully saturated rings. The predicted molar refractivity (Wildman–Crippen MR) is 74.8 cm³/mol. The van der Waals surface area contributed by atoms with Crippen molar-refractivity contribution >= 4 is 12.6 Å². The Balaban J connectivity index is 2.35. The lowest BCUT2D eigenvalue weighted by molar-refractivity contribution is 0.00578. The van der Waals surface area contributed by atoms with E-state index in [-0.39, 0.29) is 24.4 Å². The van der Waals surface area contributed by atoms with Gasteiger partial charge in [-0.1, -0.05) is 24.3 Å². The lowest BCUT2D eigenvalue weighted by Crippen LogP contribution is -2.41. The maximum Gasteiger partial charge on any atom is 0.495 e. The fourth-order valence-corrected chi connectivity index (χ4v) is 2.11. The largest absolute Gasteiger partial charge is 0.495 e. The summed E-state index contributed by atoms with van der Waals surface area (Å²) in [6.07, 6.45) is 0. The van der Waals surface area contributed by atoms with Crippen LogP contribution in [0.2, 0.25) is 0 Å². The molecule has 1 aromatic carbocycles. The van der Waals surface area contributed by atoms with Gasteiger partial charge in [0, 0.05) is 6.04 Å². The molecule has 0 saturated carbocycles. The molecular formula is C14H22BNO2. The SMILES string of the molecule is C[C@H](N)c1ccccc1B1OC(C)(C)C(C)(C)O1. The van der Waals surface area contributed by atoms with Gasteiger partial charge < -0.3 is 15.0 Å². The van der Waals surface area contributed by atoms with Gasteiger partial charge in [0.1, 0.15) is 0 Å². The van der Waals surface area contributed by atoms with Gasteiger partial charge in [-0.2, -0.15) is 0 Å². The van der Waals surface area contributed by atoms with Crippen molar-refractivity contribution in [2.75, 3.05) is 0 Å². The summed E-state index contributed by atoms with van der Waals surface area (Å²) in [4.78, 5) is 0. The number of benzene rings is 1. The summed E-state index contributed by atoms with van der Waals surface area (Å²) < 4.78 is 12.1. The Bertz CT molecular complexity index is 427. The maximum absolute atomic E-state index is 6.06. The summed E-state index contributed by atoms with van der Waals surface area (Å²) >= 11 is 0. The van der Waals surface area contributed by atoms with Gasteiger partial charge in [-0.15, -0.1) is 0 Å². The van der Waals surface area contributed by atoms with Gasteiger partial charge in [0.15, 0.2) is 0 Å². The third-order valence-corrected chi connectivity index (χ3v) is 3.99. The summed E-state index contributed by atoms with van der Waals surface area (Å²) in [7, 11) is -0.336. The maximum atomic E-state index is 6.06. The highest BCUT2D eigenvalue weighted by Gasteiger charge is 2.52. The van der Waals surface area contributed by atoms with E-state index in [2.05, 4.69) is 27.7 Å². The first kappa shape index (κ1) is 13.6. The van der Waals surface area contributed by atoms with Gasteiger partial charge in [-0.05, 0) is 45.6 Å². The van der Waals surface area contributed by atoms with E-state index in [9.17, 15) is 0 Å². The molecule has 0 bridgehead atoms. The highest BCUT2D eigenvalue weighted by atomic mass is 16.7. The Morgan fingerprint density at radius 2 is 1.56 bits per heavy atom. The zero-order valence-electron chi connectivity index (χ0n) is 11.9. The first-order chi connectivity index (χ1) is 8.24. The fourth-order valence-electron chi connectivity index (χ4n) is 2.11. The molecule has 1 atom stereocenters. The minimum absolute atomic E-state index is 0.0276. The first-order valence-electron chi connectivity index (χ1n) is 6.45. The van der Waals surface area contributed by atoms with Gasteiger partial charge >= 0.3 is 7.12 Å². The van der Waals surface area contributed by atoms with Gasteiger partial charge in [-0.25, -0.2) is 0 Å². The third kappa shape index (κ3) is 2.20. The standard InChI is InChI=1S/C14H22BNO2/c1-10(16)11-8-6-7-9-12(11)15-17-13(2,3)14(4,5)18-15/h6-10H,16H2,1-5H3/t10-/m0/s1. The molecule has 1 aromatic rings. The number of hydrogen-bond donors (Lipinski definition) is 1. The molecule has 0 aliphatic carbocycles. The lowest BCUT2D eigenvalue weighted by Gasteiger charge is -2.32. The monoisotopic (exact) mass is 247 g/mol. The molecule has 0 radical (unpaired) electrons. The Morgan fingerprint density at radius 3 is 2.06 bits per heavy atom. The first-order valence-corrected chi connectivity index (χ1v) is 6.45. The van der Waals surface area contributed by atoms with Crippen LogP contribution >= 0.6 is 0 Å². The summed E-state index contributed by atoms with van der Waals surface area (Å²) in [5, 5.41) is 0. The number of rotatable bonds is 2. The molecule has 3 nitrogen and oxygen atoms in total. The highest BCUT2D eigenvalue weighted by Crippen LogP contribution is 2.36. The van der Waals surface area contributed by atoms with E-state index in [0.29, 0.717) is 0 Å². The van der Waals surface area contributed by atoms with Crippen LogP contribution in [0.4, 0.5) is 0 Å². The molecule has 4 heteroatoms. The minimum Gasteiger partial charge on any atom is -0.399 e. The van der Waals surface area contributed by atoms with E-state index in [1.54, 1.807) is 0 Å². The van der Waals surface area contributed by atoms with E-state index in [1.807, 2.05) is 31.2 Å². The quantitative estimate of drug-likeness (QED) is 0.813. The average Bonchev–Trinajstić information content (AvgIpc) is 2.48. The zero-order valence-corrected chi connectivity index (χ0v) is 11.9. The van der Waals surface area contributed by atoms with E-state index in [1.165, 1.54) is 0 Å². The Labute approximate surface area is 110 Å². The van der Waals surface area contributed by atoms with Crippen LogP contribution in [0.25, 0.3) is 0 Å². The summed E-state index contributed by atoms with van der Waals surface area (Å²) in [5.41, 5.74) is 7.49. The van der Waals surface area contributed by atoms with Crippen molar-refractivity contribution in [3.05, 3.63) is 29.8 Å². The van der Waals surface area contributed by atoms with Crippen LogP contribution in [0.1, 0.15) is 46.2 Å². The van der Waals surface area contributed by atoms with Crippen molar-refractivity contribution in [1.82, 2.24) is 0 Å². The van der Waals surface area contributed by atoms with Crippen LogP contribution in [-0.2, 0) is 9.31 Å². The molecule has 2 rings (SSSR count). The van der Waals surface area contributed by atoms with Crippen molar-refractivity contribution in [3.8, 4) is 0 Å². The van der Waals surface area contributed by atoms with Crippen molar-refractivity contribution in [2.24, 2.45) is 5.73 Å². The normalized spacial score (nSPS) is 23.1. The van der Waals surface area contributed by atoms with Crippen molar-refractivity contribution in [2.45, 2.75) is 51.9 Å². The molecule has 2 N–H and O–H groups in total. The predicted octanol–water partition coefficient (Wildman–Crippen LogP) is 2.01. The van der Waals surface area contributed by atoms with Gasteiger partial charge in [-0.3, -0.25) is 0 Å². The van der Waals surface area contributed by atoms with Crippen LogP contribution in [0.5, 0.6) is 0 Å². The van der Waals surface area contributed by atoms with Crippen LogP contribution in [-0.4, -0.2) is 18.3 Å². The molecule has 1 aliphatic heterocycles. The molecule has 98 valence electrons. The molecule has 18 heavy (non-hydrogen) atoms. The molecule has 0 amide bonds. The topological polar surface area (TPSA) is 44.5 Å². The van der Waals surface area contributed by atoms with Gasteiger partial charge in [0.05, 0.1) is 11.2 Å². The van der Waals surface area contributed by atoms with Crippen molar-refractivity contribution in [1.29, 1.82) is 0 Å². The summed E-state index contributed by atoms with van der Waals surface area (Å²) in [6, 6.07) is 8.02. The summed E-state index contributed by atoms with van der Waals surface area (Å²) in [5.74, 6) is 0. The second-order valence-electron chi connectivity index (χ2n) is 6.01. The molecular weight excluding hydrogens is 225 g/mol.